The van der Waals surface area contributed by atoms with Crippen LogP contribution in [0.2, 0.25) is 5.02 Å². The highest BCUT2D eigenvalue weighted by molar-refractivity contribution is 7.15. The van der Waals surface area contributed by atoms with Crippen molar-refractivity contribution in [2.75, 3.05) is 0 Å². The van der Waals surface area contributed by atoms with Crippen molar-refractivity contribution >= 4 is 40.1 Å². The molecule has 0 saturated heterocycles. The number of H-pyrrole nitrogens is 1. The van der Waals surface area contributed by atoms with Gasteiger partial charge in [-0.15, -0.1) is 11.3 Å². The number of fused-ring (bicyclic) bond motifs is 1. The number of aromatic amines is 1. The Hall–Kier alpha value is -2.70. The summed E-state index contributed by atoms with van der Waals surface area (Å²) in [6.07, 6.45) is 7.22. The highest BCUT2D eigenvalue weighted by Crippen LogP contribution is 2.28. The van der Waals surface area contributed by atoms with E-state index >= 15 is 0 Å². The van der Waals surface area contributed by atoms with Crippen LogP contribution in [0.15, 0.2) is 52.9 Å². The summed E-state index contributed by atoms with van der Waals surface area (Å²) < 4.78 is 2.02. The second-order valence-corrected chi connectivity index (χ2v) is 6.38. The van der Waals surface area contributed by atoms with Crippen LogP contribution in [-0.2, 0) is 0 Å². The van der Waals surface area contributed by atoms with Gasteiger partial charge in [-0.3, -0.25) is 4.40 Å². The number of imidazole rings is 1. The minimum absolute atomic E-state index is 0.371. The summed E-state index contributed by atoms with van der Waals surface area (Å²) in [6.45, 7) is 0. The van der Waals surface area contributed by atoms with E-state index < -0.39 is 0 Å². The van der Waals surface area contributed by atoms with Gasteiger partial charge in [-0.1, -0.05) is 23.7 Å². The van der Waals surface area contributed by atoms with Gasteiger partial charge < -0.3 is 4.98 Å². The van der Waals surface area contributed by atoms with Crippen molar-refractivity contribution in [3.8, 4) is 11.3 Å². The fourth-order valence-electron chi connectivity index (χ4n) is 2.43. The summed E-state index contributed by atoms with van der Waals surface area (Å²) in [6, 6.07) is 9.32. The van der Waals surface area contributed by atoms with E-state index in [1.165, 1.54) is 6.20 Å². The van der Waals surface area contributed by atoms with Crippen molar-refractivity contribution < 1.29 is 0 Å². The van der Waals surface area contributed by atoms with Gasteiger partial charge in [0.1, 0.15) is 0 Å². The minimum atomic E-state index is -0.371. The molecule has 0 aliphatic carbocycles. The summed E-state index contributed by atoms with van der Waals surface area (Å²) in [7, 11) is 0. The molecule has 0 radical (unpaired) electrons. The first kappa shape index (κ1) is 14.9. The van der Waals surface area contributed by atoms with Crippen molar-refractivity contribution in [3.63, 3.8) is 0 Å². The molecule has 1 N–H and O–H groups in total. The number of hydrogen-bond donors (Lipinski definition) is 1. The molecule has 3 heterocycles. The zero-order valence-electron chi connectivity index (χ0n) is 12.3. The minimum Gasteiger partial charge on any atom is -0.306 e. The maximum Gasteiger partial charge on any atom is 0.345 e. The van der Waals surface area contributed by atoms with Crippen LogP contribution in [-0.4, -0.2) is 19.4 Å². The first-order chi connectivity index (χ1) is 11.7. The highest BCUT2D eigenvalue weighted by Gasteiger charge is 2.12. The number of nitrogens with one attached hydrogen (secondary N) is 1. The number of halogens is 1. The Kier molecular flexibility index (Phi) is 3.76. The summed E-state index contributed by atoms with van der Waals surface area (Å²) in [4.78, 5) is 23.2. The lowest BCUT2D eigenvalue weighted by atomic mass is 10.1. The molecule has 24 heavy (non-hydrogen) atoms. The molecule has 0 atom stereocenters. The average molecular weight is 355 g/mol. The van der Waals surface area contributed by atoms with Gasteiger partial charge in [-0.2, -0.15) is 0 Å². The predicted molar refractivity (Wildman–Crippen MR) is 97.3 cm³/mol. The maximum absolute atomic E-state index is 11.3. The van der Waals surface area contributed by atoms with Gasteiger partial charge in [0.2, 0.25) is 0 Å². The smallest absolute Gasteiger partial charge is 0.306 e. The Morgan fingerprint density at radius 2 is 2.00 bits per heavy atom. The third kappa shape index (κ3) is 2.77. The standard InChI is InChI=1S/C17H11ClN4OS/c18-12-3-1-11(2-4-12)15-14(22-9-10-24-17(22)21-15)6-5-13-7-8-19-16(23)20-13/h1-10H,(H,19,20,23). The molecule has 118 valence electrons. The summed E-state index contributed by atoms with van der Waals surface area (Å²) >= 11 is 7.54. The lowest BCUT2D eigenvalue weighted by Crippen LogP contribution is -2.09. The zero-order chi connectivity index (χ0) is 16.5. The summed E-state index contributed by atoms with van der Waals surface area (Å²) in [5, 5.41) is 2.67. The number of nitrogens with zero attached hydrogens (tertiary/aromatic N) is 3. The van der Waals surface area contributed by atoms with Crippen molar-refractivity contribution in [3.05, 3.63) is 75.0 Å². The van der Waals surface area contributed by atoms with Crippen LogP contribution < -0.4 is 5.69 Å². The molecule has 0 aliphatic rings. The van der Waals surface area contributed by atoms with Crippen molar-refractivity contribution in [1.82, 2.24) is 19.4 Å². The molecule has 0 bridgehead atoms. The molecule has 0 unspecified atom stereocenters. The number of benzene rings is 1. The molecule has 4 aromatic rings. The van der Waals surface area contributed by atoms with Crippen molar-refractivity contribution in [1.29, 1.82) is 0 Å². The third-order valence-corrected chi connectivity index (χ3v) is 4.54. The second-order valence-electron chi connectivity index (χ2n) is 5.07. The average Bonchev–Trinajstić information content (AvgIpc) is 3.15. The van der Waals surface area contributed by atoms with Gasteiger partial charge in [-0.05, 0) is 30.4 Å². The Morgan fingerprint density at radius 3 is 2.79 bits per heavy atom. The number of hydrogen-bond acceptors (Lipinski definition) is 4. The molecule has 5 nitrogen and oxygen atoms in total. The molecule has 0 spiro atoms. The summed E-state index contributed by atoms with van der Waals surface area (Å²) in [5.41, 5.74) is 3.10. The molecule has 7 heteroatoms. The van der Waals surface area contributed by atoms with E-state index in [0.717, 1.165) is 21.9 Å². The highest BCUT2D eigenvalue weighted by atomic mass is 35.5. The summed E-state index contributed by atoms with van der Waals surface area (Å²) in [5.74, 6) is 0. The molecule has 0 saturated carbocycles. The van der Waals surface area contributed by atoms with Crippen LogP contribution in [0.4, 0.5) is 0 Å². The molecule has 0 aliphatic heterocycles. The topological polar surface area (TPSA) is 63.1 Å². The van der Waals surface area contributed by atoms with Crippen LogP contribution >= 0.6 is 22.9 Å². The molecule has 3 aromatic heterocycles. The van der Waals surface area contributed by atoms with E-state index in [4.69, 9.17) is 16.6 Å². The lowest BCUT2D eigenvalue weighted by Gasteiger charge is -2.01. The monoisotopic (exact) mass is 354 g/mol. The van der Waals surface area contributed by atoms with Crippen molar-refractivity contribution in [2.24, 2.45) is 0 Å². The van der Waals surface area contributed by atoms with Gasteiger partial charge in [-0.25, -0.2) is 14.8 Å². The molecule has 0 fully saturated rings. The Labute approximate surface area is 145 Å². The molecular formula is C17H11ClN4OS. The van der Waals surface area contributed by atoms with Gasteiger partial charge in [0.25, 0.3) is 0 Å². The molecule has 4 rings (SSSR count). The first-order valence-corrected chi connectivity index (χ1v) is 8.41. The van der Waals surface area contributed by atoms with E-state index in [0.29, 0.717) is 10.7 Å². The fraction of sp³-hybridized carbons (Fsp3) is 0. The van der Waals surface area contributed by atoms with Crippen LogP contribution in [0.1, 0.15) is 11.4 Å². The van der Waals surface area contributed by atoms with Gasteiger partial charge in [0.05, 0.1) is 11.4 Å². The fourth-order valence-corrected chi connectivity index (χ4v) is 3.28. The number of aromatic nitrogens is 4. The molecule has 1 aromatic carbocycles. The third-order valence-electron chi connectivity index (χ3n) is 3.53. The van der Waals surface area contributed by atoms with Crippen LogP contribution in [0.3, 0.4) is 0 Å². The Bertz CT molecular complexity index is 1090. The molecule has 0 amide bonds. The van der Waals surface area contributed by atoms with Gasteiger partial charge in [0.15, 0.2) is 4.96 Å². The predicted octanol–water partition coefficient (Wildman–Crippen LogP) is 3.97. The second kappa shape index (κ2) is 6.07. The largest absolute Gasteiger partial charge is 0.345 e. The quantitative estimate of drug-likeness (QED) is 0.605. The van der Waals surface area contributed by atoms with Crippen LogP contribution in [0.25, 0.3) is 28.4 Å². The maximum atomic E-state index is 11.3. The zero-order valence-corrected chi connectivity index (χ0v) is 13.9. The Morgan fingerprint density at radius 1 is 1.17 bits per heavy atom. The van der Waals surface area contributed by atoms with E-state index in [1.54, 1.807) is 17.4 Å². The van der Waals surface area contributed by atoms with Crippen LogP contribution in [0.5, 0.6) is 0 Å². The van der Waals surface area contributed by atoms with Crippen molar-refractivity contribution in [2.45, 2.75) is 0 Å². The molecular weight excluding hydrogens is 344 g/mol. The first-order valence-electron chi connectivity index (χ1n) is 7.15. The number of rotatable bonds is 3. The SMILES string of the molecule is O=c1nccc(C=Cc2c(-c3ccc(Cl)cc3)nc3sccn23)[nH]1. The Balaban J connectivity index is 1.84. The van der Waals surface area contributed by atoms with E-state index in [9.17, 15) is 4.79 Å². The van der Waals surface area contributed by atoms with Gasteiger partial charge in [0, 0.05) is 34.1 Å². The van der Waals surface area contributed by atoms with E-state index in [1.807, 2.05) is 52.4 Å². The number of thiazole rings is 1. The normalized spacial score (nSPS) is 11.5. The van der Waals surface area contributed by atoms with Gasteiger partial charge >= 0.3 is 5.69 Å². The van der Waals surface area contributed by atoms with E-state index in [-0.39, 0.29) is 5.69 Å². The van der Waals surface area contributed by atoms with Crippen LogP contribution in [0, 0.1) is 0 Å². The van der Waals surface area contributed by atoms with E-state index in [2.05, 4.69) is 9.97 Å². The lowest BCUT2D eigenvalue weighted by molar-refractivity contribution is 1.06.